The van der Waals surface area contributed by atoms with Crippen molar-refractivity contribution in [3.8, 4) is 0 Å². The number of benzene rings is 1. The van der Waals surface area contributed by atoms with Crippen LogP contribution in [0.25, 0.3) is 0 Å². The average molecular weight is 455 g/mol. The van der Waals surface area contributed by atoms with E-state index in [4.69, 9.17) is 21.6 Å². The predicted molar refractivity (Wildman–Crippen MR) is 122 cm³/mol. The van der Waals surface area contributed by atoms with Gasteiger partial charge in [-0.2, -0.15) is 0 Å². The van der Waals surface area contributed by atoms with Crippen LogP contribution in [-0.2, 0) is 13.1 Å². The number of rotatable bonds is 0. The summed E-state index contributed by atoms with van der Waals surface area (Å²) in [5.41, 5.74) is 2.98. The van der Waals surface area contributed by atoms with Gasteiger partial charge >= 0.3 is 0 Å². The van der Waals surface area contributed by atoms with E-state index in [0.717, 1.165) is 49.4 Å². The van der Waals surface area contributed by atoms with Crippen LogP contribution in [0.3, 0.4) is 0 Å². The molecule has 7 nitrogen and oxygen atoms in total. The number of aromatic nitrogens is 3. The van der Waals surface area contributed by atoms with Crippen LogP contribution in [0.2, 0.25) is 5.02 Å². The third kappa shape index (κ3) is 4.42. The zero-order chi connectivity index (χ0) is 21.4. The van der Waals surface area contributed by atoms with Gasteiger partial charge in [-0.25, -0.2) is 15.0 Å². The molecule has 4 heterocycles. The SMILES string of the molecule is Cc1cc2nc(n1)C1CCCCN1Cc1ccc(Cl)c(c1)CNC(=O)c1cnc(s1)N2. The molecule has 0 spiro atoms. The third-order valence-corrected chi connectivity index (χ3v) is 6.96. The first-order chi connectivity index (χ1) is 15.0. The monoisotopic (exact) mass is 454 g/mol. The van der Waals surface area contributed by atoms with Gasteiger partial charge in [-0.15, -0.1) is 0 Å². The van der Waals surface area contributed by atoms with Gasteiger partial charge in [-0.1, -0.05) is 41.5 Å². The van der Waals surface area contributed by atoms with Crippen LogP contribution in [0.4, 0.5) is 10.9 Å². The second kappa shape index (κ2) is 8.53. The molecule has 5 rings (SSSR count). The molecule has 3 aromatic rings. The van der Waals surface area contributed by atoms with E-state index >= 15 is 0 Å². The molecular formula is C22H23ClN6OS. The highest BCUT2D eigenvalue weighted by molar-refractivity contribution is 7.17. The number of piperidine rings is 1. The van der Waals surface area contributed by atoms with Crippen molar-refractivity contribution in [3.63, 3.8) is 0 Å². The van der Waals surface area contributed by atoms with Crippen LogP contribution in [-0.4, -0.2) is 32.3 Å². The Bertz CT molecular complexity index is 1130. The van der Waals surface area contributed by atoms with Crippen molar-refractivity contribution in [3.05, 3.63) is 63.0 Å². The Morgan fingerprint density at radius 3 is 3.03 bits per heavy atom. The number of thiazole rings is 1. The summed E-state index contributed by atoms with van der Waals surface area (Å²) in [6, 6.07) is 8.13. The highest BCUT2D eigenvalue weighted by Gasteiger charge is 2.27. The molecule has 2 aliphatic rings. The van der Waals surface area contributed by atoms with Gasteiger partial charge in [0.25, 0.3) is 5.91 Å². The zero-order valence-corrected chi connectivity index (χ0v) is 18.8. The van der Waals surface area contributed by atoms with E-state index in [1.165, 1.54) is 16.9 Å². The first kappa shape index (κ1) is 20.4. The molecule has 1 amide bonds. The molecule has 0 saturated carbocycles. The number of carbonyl (C=O) groups excluding carboxylic acids is 1. The Morgan fingerprint density at radius 1 is 1.23 bits per heavy atom. The van der Waals surface area contributed by atoms with Crippen molar-refractivity contribution in [2.45, 2.75) is 45.3 Å². The maximum Gasteiger partial charge on any atom is 0.263 e. The molecule has 1 saturated heterocycles. The molecule has 2 aromatic heterocycles. The Kier molecular flexibility index (Phi) is 5.60. The lowest BCUT2D eigenvalue weighted by Gasteiger charge is -2.35. The fourth-order valence-corrected chi connectivity index (χ4v) is 5.11. The molecule has 2 aliphatic heterocycles. The van der Waals surface area contributed by atoms with Crippen LogP contribution in [0, 0.1) is 6.92 Å². The fourth-order valence-electron chi connectivity index (χ4n) is 4.18. The Morgan fingerprint density at radius 2 is 2.13 bits per heavy atom. The summed E-state index contributed by atoms with van der Waals surface area (Å²) >= 11 is 7.71. The number of halogens is 1. The van der Waals surface area contributed by atoms with Gasteiger partial charge in [-0.05, 0) is 43.5 Å². The minimum Gasteiger partial charge on any atom is -0.347 e. The number of amides is 1. The first-order valence-corrected chi connectivity index (χ1v) is 11.6. The molecular weight excluding hydrogens is 432 g/mol. The molecule has 0 aliphatic carbocycles. The summed E-state index contributed by atoms with van der Waals surface area (Å²) in [6.07, 6.45) is 4.93. The summed E-state index contributed by atoms with van der Waals surface area (Å²) in [5.74, 6) is 1.36. The molecule has 2 N–H and O–H groups in total. The van der Waals surface area contributed by atoms with Gasteiger partial charge in [0.05, 0.1) is 12.2 Å². The normalized spacial score (nSPS) is 19.3. The standard InChI is InChI=1S/C22H23ClN6OS/c1-13-8-19-27-20(26-13)17-4-2-3-7-29(17)12-14-5-6-16(23)15(9-14)10-24-21(30)18-11-25-22(28-19)31-18/h5-6,8-9,11,17H,2-4,7,10,12H2,1H3,(H,24,30)(H,25,26,27,28). The van der Waals surface area contributed by atoms with Gasteiger partial charge < -0.3 is 10.6 Å². The maximum atomic E-state index is 12.6. The van der Waals surface area contributed by atoms with E-state index < -0.39 is 0 Å². The van der Waals surface area contributed by atoms with E-state index in [-0.39, 0.29) is 11.9 Å². The second-order valence-corrected chi connectivity index (χ2v) is 9.44. The lowest BCUT2D eigenvalue weighted by Crippen LogP contribution is -2.34. The molecule has 1 atom stereocenters. The van der Waals surface area contributed by atoms with Crippen LogP contribution in [0.15, 0.2) is 30.5 Å². The summed E-state index contributed by atoms with van der Waals surface area (Å²) < 4.78 is 0. The van der Waals surface area contributed by atoms with E-state index in [1.54, 1.807) is 6.20 Å². The number of hydrogen-bond donors (Lipinski definition) is 2. The Hall–Kier alpha value is -2.55. The van der Waals surface area contributed by atoms with Crippen LogP contribution >= 0.6 is 22.9 Å². The summed E-state index contributed by atoms with van der Waals surface area (Å²) in [4.78, 5) is 29.5. The Balaban J connectivity index is 1.58. The van der Waals surface area contributed by atoms with Gasteiger partial charge in [-0.3, -0.25) is 9.69 Å². The van der Waals surface area contributed by atoms with E-state index in [2.05, 4.69) is 32.7 Å². The number of anilines is 2. The minimum absolute atomic E-state index is 0.160. The predicted octanol–water partition coefficient (Wildman–Crippen LogP) is 4.61. The van der Waals surface area contributed by atoms with Crippen molar-refractivity contribution in [2.75, 3.05) is 11.9 Å². The highest BCUT2D eigenvalue weighted by atomic mass is 35.5. The molecule has 6 bridgehead atoms. The fraction of sp³-hybridized carbons (Fsp3) is 0.364. The molecule has 1 unspecified atom stereocenters. The Labute approximate surface area is 189 Å². The van der Waals surface area contributed by atoms with Crippen molar-refractivity contribution in [2.24, 2.45) is 0 Å². The number of hydrogen-bond acceptors (Lipinski definition) is 7. The van der Waals surface area contributed by atoms with Crippen molar-refractivity contribution in [1.82, 2.24) is 25.2 Å². The lowest BCUT2D eigenvalue weighted by atomic mass is 9.99. The summed E-state index contributed by atoms with van der Waals surface area (Å²) in [5, 5.41) is 7.49. The summed E-state index contributed by atoms with van der Waals surface area (Å²) in [7, 11) is 0. The van der Waals surface area contributed by atoms with Gasteiger partial charge in [0, 0.05) is 29.9 Å². The molecule has 0 radical (unpaired) electrons. The maximum absolute atomic E-state index is 12.6. The van der Waals surface area contributed by atoms with Gasteiger partial charge in [0.2, 0.25) is 0 Å². The third-order valence-electron chi connectivity index (χ3n) is 5.68. The second-order valence-electron chi connectivity index (χ2n) is 8.00. The van der Waals surface area contributed by atoms with E-state index in [1.807, 2.05) is 19.1 Å². The highest BCUT2D eigenvalue weighted by Crippen LogP contribution is 2.32. The molecule has 31 heavy (non-hydrogen) atoms. The number of nitrogens with one attached hydrogen (secondary N) is 2. The first-order valence-electron chi connectivity index (χ1n) is 10.4. The molecule has 1 aromatic carbocycles. The van der Waals surface area contributed by atoms with E-state index in [0.29, 0.717) is 27.4 Å². The van der Waals surface area contributed by atoms with Crippen LogP contribution < -0.4 is 10.6 Å². The average Bonchev–Trinajstić information content (AvgIpc) is 3.22. The van der Waals surface area contributed by atoms with E-state index in [9.17, 15) is 4.79 Å². The molecule has 1 fully saturated rings. The topological polar surface area (TPSA) is 83.0 Å². The van der Waals surface area contributed by atoms with Gasteiger partial charge in [0.1, 0.15) is 16.5 Å². The summed E-state index contributed by atoms with van der Waals surface area (Å²) in [6.45, 7) is 4.14. The molecule has 9 heteroatoms. The van der Waals surface area contributed by atoms with Gasteiger partial charge in [0.15, 0.2) is 5.13 Å². The number of fused-ring (bicyclic) bond motifs is 8. The number of aryl methyl sites for hydroxylation is 1. The van der Waals surface area contributed by atoms with Crippen molar-refractivity contribution >= 4 is 39.8 Å². The largest absolute Gasteiger partial charge is 0.347 e. The van der Waals surface area contributed by atoms with Crippen molar-refractivity contribution in [1.29, 1.82) is 0 Å². The number of carbonyl (C=O) groups is 1. The quantitative estimate of drug-likeness (QED) is 0.516. The lowest BCUT2D eigenvalue weighted by molar-refractivity contribution is 0.0954. The number of nitrogens with zero attached hydrogens (tertiary/aromatic N) is 4. The smallest absolute Gasteiger partial charge is 0.263 e. The zero-order valence-electron chi connectivity index (χ0n) is 17.2. The van der Waals surface area contributed by atoms with Crippen LogP contribution in [0.5, 0.6) is 0 Å². The van der Waals surface area contributed by atoms with Crippen LogP contribution in [0.1, 0.15) is 57.6 Å². The molecule has 160 valence electrons. The van der Waals surface area contributed by atoms with Crippen molar-refractivity contribution < 1.29 is 4.79 Å². The minimum atomic E-state index is -0.172.